The zero-order valence-electron chi connectivity index (χ0n) is 17.6. The van der Waals surface area contributed by atoms with Crippen LogP contribution in [0.25, 0.3) is 0 Å². The van der Waals surface area contributed by atoms with Gasteiger partial charge in [0.25, 0.3) is 0 Å². The molecule has 3 rings (SSSR count). The molecule has 1 fully saturated rings. The van der Waals surface area contributed by atoms with E-state index in [1.54, 1.807) is 0 Å². The normalized spacial score (nSPS) is 16.0. The van der Waals surface area contributed by atoms with E-state index < -0.39 is 22.1 Å². The number of carbonyl (C=O) groups excluding carboxylic acids is 1. The molecule has 1 aliphatic rings. The number of halogens is 3. The summed E-state index contributed by atoms with van der Waals surface area (Å²) in [6.45, 7) is 5.12. The minimum absolute atomic E-state index is 0.118. The molecule has 0 aliphatic carbocycles. The highest BCUT2D eigenvalue weighted by molar-refractivity contribution is 7.89. The van der Waals surface area contributed by atoms with Crippen molar-refractivity contribution in [3.63, 3.8) is 0 Å². The quantitative estimate of drug-likeness (QED) is 0.700. The van der Waals surface area contributed by atoms with Gasteiger partial charge in [-0.3, -0.25) is 9.69 Å². The van der Waals surface area contributed by atoms with Crippen LogP contribution in [0, 0.1) is 13.8 Å². The van der Waals surface area contributed by atoms with E-state index in [4.69, 9.17) is 0 Å². The number of piperazine rings is 1. The van der Waals surface area contributed by atoms with Gasteiger partial charge < -0.3 is 10.1 Å². The molecule has 1 N–H and O–H groups in total. The molecule has 0 aromatic heterocycles. The topological polar surface area (TPSA) is 79.0 Å². The molecule has 0 unspecified atom stereocenters. The van der Waals surface area contributed by atoms with Crippen LogP contribution in [0.5, 0.6) is 5.75 Å². The number of hydrogen-bond donors (Lipinski definition) is 1. The summed E-state index contributed by atoms with van der Waals surface area (Å²) in [6.07, 6.45) is -4.85. The number of ether oxygens (including phenoxy) is 1. The van der Waals surface area contributed by atoms with Crippen molar-refractivity contribution in [1.82, 2.24) is 9.21 Å². The molecule has 174 valence electrons. The predicted molar refractivity (Wildman–Crippen MR) is 113 cm³/mol. The van der Waals surface area contributed by atoms with Gasteiger partial charge in [0.05, 0.1) is 11.4 Å². The molecule has 1 heterocycles. The third-order valence-electron chi connectivity index (χ3n) is 5.18. The summed E-state index contributed by atoms with van der Waals surface area (Å²) in [5.74, 6) is -0.680. The maximum atomic E-state index is 12.8. The number of alkyl halides is 3. The van der Waals surface area contributed by atoms with Crippen LogP contribution < -0.4 is 10.1 Å². The van der Waals surface area contributed by atoms with Crippen LogP contribution in [0.1, 0.15) is 11.1 Å². The minimum atomic E-state index is -4.85. The molecule has 11 heteroatoms. The van der Waals surface area contributed by atoms with Crippen LogP contribution in [-0.4, -0.2) is 62.6 Å². The molecule has 1 amide bonds. The molecule has 2 aromatic rings. The Kier molecular flexibility index (Phi) is 7.11. The summed E-state index contributed by atoms with van der Waals surface area (Å²) in [7, 11) is -3.86. The fourth-order valence-electron chi connectivity index (χ4n) is 3.31. The summed E-state index contributed by atoms with van der Waals surface area (Å²) in [5.41, 5.74) is 2.90. The van der Waals surface area contributed by atoms with Gasteiger partial charge in [0, 0.05) is 31.9 Å². The zero-order valence-corrected chi connectivity index (χ0v) is 18.5. The lowest BCUT2D eigenvalue weighted by atomic mass is 10.1. The largest absolute Gasteiger partial charge is 0.573 e. The first-order valence-electron chi connectivity index (χ1n) is 9.89. The minimum Gasteiger partial charge on any atom is -0.406 e. The van der Waals surface area contributed by atoms with Crippen LogP contribution >= 0.6 is 0 Å². The first-order valence-corrected chi connectivity index (χ1v) is 11.3. The monoisotopic (exact) mass is 471 g/mol. The standard InChI is InChI=1S/C21H24F3N3O4S/c1-15-3-4-17(13-16(15)2)25-20(28)14-26-9-11-27(12-10-26)32(29,30)19-7-5-18(6-8-19)31-21(22,23)24/h3-8,13H,9-12,14H2,1-2H3,(H,25,28). The zero-order chi connectivity index (χ0) is 23.5. The first-order chi connectivity index (χ1) is 14.9. The number of carbonyl (C=O) groups is 1. The van der Waals surface area contributed by atoms with E-state index in [0.717, 1.165) is 35.4 Å². The average Bonchev–Trinajstić information content (AvgIpc) is 2.70. The Morgan fingerprint density at radius 2 is 1.62 bits per heavy atom. The van der Waals surface area contributed by atoms with E-state index in [9.17, 15) is 26.4 Å². The molecule has 0 spiro atoms. The number of benzene rings is 2. The smallest absolute Gasteiger partial charge is 0.406 e. The molecule has 0 bridgehead atoms. The highest BCUT2D eigenvalue weighted by Crippen LogP contribution is 2.25. The number of anilines is 1. The van der Waals surface area contributed by atoms with Crippen molar-refractivity contribution in [1.29, 1.82) is 0 Å². The van der Waals surface area contributed by atoms with Gasteiger partial charge in [-0.2, -0.15) is 4.31 Å². The molecule has 0 saturated carbocycles. The van der Waals surface area contributed by atoms with Crippen molar-refractivity contribution in [3.05, 3.63) is 53.6 Å². The van der Waals surface area contributed by atoms with Crippen LogP contribution in [0.15, 0.2) is 47.4 Å². The van der Waals surface area contributed by atoms with Gasteiger partial charge in [0.2, 0.25) is 15.9 Å². The maximum Gasteiger partial charge on any atom is 0.573 e. The summed E-state index contributed by atoms with van der Waals surface area (Å²) in [5, 5.41) is 2.84. The van der Waals surface area contributed by atoms with Gasteiger partial charge in [0.1, 0.15) is 5.75 Å². The van der Waals surface area contributed by atoms with Gasteiger partial charge >= 0.3 is 6.36 Å². The van der Waals surface area contributed by atoms with E-state index in [-0.39, 0.29) is 30.4 Å². The SMILES string of the molecule is Cc1ccc(NC(=O)CN2CCN(S(=O)(=O)c3ccc(OC(F)(F)F)cc3)CC2)cc1C. The summed E-state index contributed by atoms with van der Waals surface area (Å²) < 4.78 is 67.4. The van der Waals surface area contributed by atoms with Gasteiger partial charge in [-0.25, -0.2) is 8.42 Å². The van der Waals surface area contributed by atoms with Crippen molar-refractivity contribution in [2.45, 2.75) is 25.1 Å². The van der Waals surface area contributed by atoms with E-state index in [1.165, 1.54) is 4.31 Å². The molecule has 0 radical (unpaired) electrons. The third kappa shape index (κ3) is 6.21. The Morgan fingerprint density at radius 1 is 1.00 bits per heavy atom. The van der Waals surface area contributed by atoms with Crippen LogP contribution in [0.4, 0.5) is 18.9 Å². The van der Waals surface area contributed by atoms with E-state index in [2.05, 4.69) is 10.1 Å². The molecular formula is C21H24F3N3O4S. The summed E-state index contributed by atoms with van der Waals surface area (Å²) >= 11 is 0. The number of amides is 1. The Hall–Kier alpha value is -2.63. The Balaban J connectivity index is 1.54. The Bertz CT molecular complexity index is 1060. The van der Waals surface area contributed by atoms with E-state index in [0.29, 0.717) is 18.8 Å². The molecule has 7 nitrogen and oxygen atoms in total. The van der Waals surface area contributed by atoms with Crippen molar-refractivity contribution >= 4 is 21.6 Å². The van der Waals surface area contributed by atoms with Gasteiger partial charge in [-0.1, -0.05) is 6.07 Å². The summed E-state index contributed by atoms with van der Waals surface area (Å²) in [6, 6.07) is 9.75. The van der Waals surface area contributed by atoms with Gasteiger partial charge in [0.15, 0.2) is 0 Å². The fourth-order valence-corrected chi connectivity index (χ4v) is 4.74. The highest BCUT2D eigenvalue weighted by Gasteiger charge is 2.32. The van der Waals surface area contributed by atoms with Crippen molar-refractivity contribution in [2.75, 3.05) is 38.0 Å². The first kappa shape index (κ1) is 24.0. The number of sulfonamides is 1. The number of nitrogens with one attached hydrogen (secondary N) is 1. The average molecular weight is 472 g/mol. The lowest BCUT2D eigenvalue weighted by molar-refractivity contribution is -0.274. The van der Waals surface area contributed by atoms with Crippen molar-refractivity contribution < 1.29 is 31.1 Å². The van der Waals surface area contributed by atoms with E-state index in [1.807, 2.05) is 36.9 Å². The van der Waals surface area contributed by atoms with Crippen LogP contribution in [-0.2, 0) is 14.8 Å². The number of rotatable bonds is 6. The highest BCUT2D eigenvalue weighted by atomic mass is 32.2. The Morgan fingerprint density at radius 3 is 2.19 bits per heavy atom. The van der Waals surface area contributed by atoms with Crippen LogP contribution in [0.2, 0.25) is 0 Å². The second kappa shape index (κ2) is 9.47. The fraction of sp³-hybridized carbons (Fsp3) is 0.381. The lowest BCUT2D eigenvalue weighted by Crippen LogP contribution is -2.50. The molecule has 0 atom stereocenters. The molecular weight excluding hydrogens is 447 g/mol. The van der Waals surface area contributed by atoms with E-state index >= 15 is 0 Å². The number of hydrogen-bond acceptors (Lipinski definition) is 5. The molecule has 1 saturated heterocycles. The number of nitrogens with zero attached hydrogens (tertiary/aromatic N) is 2. The van der Waals surface area contributed by atoms with Crippen LogP contribution in [0.3, 0.4) is 0 Å². The maximum absolute atomic E-state index is 12.8. The van der Waals surface area contributed by atoms with Gasteiger partial charge in [-0.05, 0) is 61.4 Å². The van der Waals surface area contributed by atoms with Gasteiger partial charge in [-0.15, -0.1) is 13.2 Å². The molecule has 32 heavy (non-hydrogen) atoms. The molecule has 1 aliphatic heterocycles. The lowest BCUT2D eigenvalue weighted by Gasteiger charge is -2.33. The predicted octanol–water partition coefficient (Wildman–Crippen LogP) is 3.15. The van der Waals surface area contributed by atoms with Crippen molar-refractivity contribution in [3.8, 4) is 5.75 Å². The second-order valence-corrected chi connectivity index (χ2v) is 9.48. The Labute approximate surface area is 184 Å². The molecule has 2 aromatic carbocycles. The summed E-state index contributed by atoms with van der Waals surface area (Å²) in [4.78, 5) is 14.1. The second-order valence-electron chi connectivity index (χ2n) is 7.55. The third-order valence-corrected chi connectivity index (χ3v) is 7.10. The van der Waals surface area contributed by atoms with Crippen molar-refractivity contribution in [2.24, 2.45) is 0 Å². The number of aryl methyl sites for hydroxylation is 2.